The van der Waals surface area contributed by atoms with Gasteiger partial charge in [-0.15, -0.1) is 10.2 Å². The standard InChI is InChI=1S/C14H17N5O2S2/c1-3-16-13-18-19-14(23-13)22-8(2)12(21)17-10-6-4-9(5-7-10)11(15)20/h4-8H,3H2,1-2H3,(H2,15,20)(H,16,18)(H,17,21)/t8-/m0/s1. The maximum atomic E-state index is 12.2. The molecule has 7 nitrogen and oxygen atoms in total. The van der Waals surface area contributed by atoms with E-state index in [0.29, 0.717) is 11.3 Å². The van der Waals surface area contributed by atoms with Crippen molar-refractivity contribution in [2.24, 2.45) is 5.73 Å². The summed E-state index contributed by atoms with van der Waals surface area (Å²) in [6.45, 7) is 4.55. The summed E-state index contributed by atoms with van der Waals surface area (Å²) in [6, 6.07) is 6.43. The second-order valence-corrected chi connectivity index (χ2v) is 7.16. The maximum Gasteiger partial charge on any atom is 0.248 e. The van der Waals surface area contributed by atoms with E-state index in [4.69, 9.17) is 5.73 Å². The van der Waals surface area contributed by atoms with Crippen molar-refractivity contribution in [3.8, 4) is 0 Å². The summed E-state index contributed by atoms with van der Waals surface area (Å²) in [5.74, 6) is -0.651. The zero-order valence-corrected chi connectivity index (χ0v) is 14.3. The van der Waals surface area contributed by atoms with Crippen LogP contribution in [0.15, 0.2) is 28.6 Å². The molecule has 0 saturated carbocycles. The fourth-order valence-electron chi connectivity index (χ4n) is 1.65. The number of aromatic nitrogens is 2. The predicted octanol–water partition coefficient (Wildman–Crippen LogP) is 2.19. The highest BCUT2D eigenvalue weighted by molar-refractivity contribution is 8.02. The lowest BCUT2D eigenvalue weighted by atomic mass is 10.2. The van der Waals surface area contributed by atoms with Crippen molar-refractivity contribution in [1.82, 2.24) is 10.2 Å². The number of hydrogen-bond acceptors (Lipinski definition) is 7. The van der Waals surface area contributed by atoms with Crippen molar-refractivity contribution >= 4 is 45.7 Å². The normalized spacial score (nSPS) is 11.7. The smallest absolute Gasteiger partial charge is 0.248 e. The van der Waals surface area contributed by atoms with Gasteiger partial charge in [-0.25, -0.2) is 0 Å². The number of carbonyl (C=O) groups excluding carboxylic acids is 2. The molecular weight excluding hydrogens is 334 g/mol. The number of hydrogen-bond donors (Lipinski definition) is 3. The van der Waals surface area contributed by atoms with E-state index >= 15 is 0 Å². The van der Waals surface area contributed by atoms with Crippen LogP contribution in [0, 0.1) is 0 Å². The summed E-state index contributed by atoms with van der Waals surface area (Å²) in [6.07, 6.45) is 0. The molecule has 0 aliphatic rings. The number of primary amides is 1. The first kappa shape index (κ1) is 17.2. The van der Waals surface area contributed by atoms with Gasteiger partial charge in [0.1, 0.15) is 0 Å². The number of amides is 2. The predicted molar refractivity (Wildman–Crippen MR) is 93.0 cm³/mol. The van der Waals surface area contributed by atoms with Gasteiger partial charge in [-0.2, -0.15) is 0 Å². The summed E-state index contributed by atoms with van der Waals surface area (Å²) in [5, 5.41) is 14.3. The number of nitrogens with two attached hydrogens (primary N) is 1. The minimum atomic E-state index is -0.500. The summed E-state index contributed by atoms with van der Waals surface area (Å²) < 4.78 is 0.729. The highest BCUT2D eigenvalue weighted by atomic mass is 32.2. The number of carbonyl (C=O) groups is 2. The first-order valence-corrected chi connectivity index (χ1v) is 8.64. The van der Waals surface area contributed by atoms with E-state index in [1.807, 2.05) is 6.92 Å². The monoisotopic (exact) mass is 351 g/mol. The largest absolute Gasteiger partial charge is 0.366 e. The average Bonchev–Trinajstić information content (AvgIpc) is 2.95. The van der Waals surface area contributed by atoms with Crippen LogP contribution in [0.25, 0.3) is 0 Å². The van der Waals surface area contributed by atoms with Crippen molar-refractivity contribution in [2.75, 3.05) is 17.2 Å². The van der Waals surface area contributed by atoms with E-state index < -0.39 is 5.91 Å². The van der Waals surface area contributed by atoms with Crippen LogP contribution in [0.5, 0.6) is 0 Å². The molecule has 2 rings (SSSR count). The molecule has 0 saturated heterocycles. The van der Waals surface area contributed by atoms with Crippen LogP contribution in [0.1, 0.15) is 24.2 Å². The molecule has 0 radical (unpaired) electrons. The third-order valence-corrected chi connectivity index (χ3v) is 4.88. The highest BCUT2D eigenvalue weighted by Gasteiger charge is 2.17. The van der Waals surface area contributed by atoms with E-state index in [2.05, 4.69) is 20.8 Å². The number of nitrogens with one attached hydrogen (secondary N) is 2. The lowest BCUT2D eigenvalue weighted by Crippen LogP contribution is -2.22. The molecule has 1 aromatic heterocycles. The highest BCUT2D eigenvalue weighted by Crippen LogP contribution is 2.29. The van der Waals surface area contributed by atoms with Crippen molar-refractivity contribution in [1.29, 1.82) is 0 Å². The van der Waals surface area contributed by atoms with Crippen LogP contribution < -0.4 is 16.4 Å². The van der Waals surface area contributed by atoms with Gasteiger partial charge in [0, 0.05) is 17.8 Å². The SMILES string of the molecule is CCNc1nnc(S[C@@H](C)C(=O)Nc2ccc(C(N)=O)cc2)s1. The Labute approximate surface area is 142 Å². The molecule has 0 spiro atoms. The molecule has 2 aromatic rings. The quantitative estimate of drug-likeness (QED) is 0.660. The fraction of sp³-hybridized carbons (Fsp3) is 0.286. The van der Waals surface area contributed by atoms with Gasteiger partial charge in [0.15, 0.2) is 4.34 Å². The van der Waals surface area contributed by atoms with Gasteiger partial charge in [0.25, 0.3) is 0 Å². The van der Waals surface area contributed by atoms with Crippen molar-refractivity contribution < 1.29 is 9.59 Å². The van der Waals surface area contributed by atoms with Crippen LogP contribution in [0.4, 0.5) is 10.8 Å². The first-order chi connectivity index (χ1) is 11.0. The number of thioether (sulfide) groups is 1. The number of anilines is 2. The lowest BCUT2D eigenvalue weighted by molar-refractivity contribution is -0.115. The Morgan fingerprint density at radius 3 is 2.61 bits per heavy atom. The number of rotatable bonds is 7. The van der Waals surface area contributed by atoms with E-state index in [1.165, 1.54) is 23.1 Å². The van der Waals surface area contributed by atoms with E-state index in [-0.39, 0.29) is 11.2 Å². The Hall–Kier alpha value is -2.13. The zero-order valence-electron chi connectivity index (χ0n) is 12.7. The third kappa shape index (κ3) is 4.93. The van der Waals surface area contributed by atoms with Crippen LogP contribution in [0.3, 0.4) is 0 Å². The van der Waals surface area contributed by atoms with Crippen LogP contribution >= 0.6 is 23.1 Å². The molecule has 0 aliphatic carbocycles. The van der Waals surface area contributed by atoms with Crippen molar-refractivity contribution in [3.63, 3.8) is 0 Å². The van der Waals surface area contributed by atoms with Gasteiger partial charge in [-0.05, 0) is 38.1 Å². The van der Waals surface area contributed by atoms with E-state index in [1.54, 1.807) is 31.2 Å². The molecule has 0 fully saturated rings. The molecule has 23 heavy (non-hydrogen) atoms. The van der Waals surface area contributed by atoms with Gasteiger partial charge in [-0.1, -0.05) is 23.1 Å². The molecule has 1 atom stereocenters. The molecule has 4 N–H and O–H groups in total. The minimum Gasteiger partial charge on any atom is -0.366 e. The molecule has 2 amide bonds. The van der Waals surface area contributed by atoms with Crippen molar-refractivity contribution in [2.45, 2.75) is 23.4 Å². The Bertz CT molecular complexity index is 687. The van der Waals surface area contributed by atoms with E-state index in [9.17, 15) is 9.59 Å². The second-order valence-electron chi connectivity index (χ2n) is 4.59. The summed E-state index contributed by atoms with van der Waals surface area (Å²) >= 11 is 2.76. The lowest BCUT2D eigenvalue weighted by Gasteiger charge is -2.10. The maximum absolute atomic E-state index is 12.2. The number of nitrogens with zero attached hydrogens (tertiary/aromatic N) is 2. The third-order valence-electron chi connectivity index (χ3n) is 2.82. The zero-order chi connectivity index (χ0) is 16.8. The van der Waals surface area contributed by atoms with Crippen LogP contribution in [-0.2, 0) is 4.79 Å². The van der Waals surface area contributed by atoms with Gasteiger partial charge in [0.2, 0.25) is 16.9 Å². The van der Waals surface area contributed by atoms with Gasteiger partial charge >= 0.3 is 0 Å². The summed E-state index contributed by atoms with van der Waals surface area (Å²) in [4.78, 5) is 23.2. The Morgan fingerprint density at radius 2 is 2.00 bits per heavy atom. The molecule has 1 heterocycles. The van der Waals surface area contributed by atoms with Gasteiger partial charge < -0.3 is 16.4 Å². The molecule has 1 aromatic carbocycles. The average molecular weight is 351 g/mol. The number of benzene rings is 1. The minimum absolute atomic E-state index is 0.151. The first-order valence-electron chi connectivity index (χ1n) is 6.94. The van der Waals surface area contributed by atoms with E-state index in [0.717, 1.165) is 16.0 Å². The van der Waals surface area contributed by atoms with Crippen LogP contribution in [0.2, 0.25) is 0 Å². The van der Waals surface area contributed by atoms with Crippen LogP contribution in [-0.4, -0.2) is 33.8 Å². The molecule has 122 valence electrons. The molecule has 9 heteroatoms. The summed E-state index contributed by atoms with van der Waals surface area (Å²) in [5.41, 5.74) is 6.18. The molecule has 0 unspecified atom stereocenters. The Balaban J connectivity index is 1.92. The van der Waals surface area contributed by atoms with Crippen molar-refractivity contribution in [3.05, 3.63) is 29.8 Å². The topological polar surface area (TPSA) is 110 Å². The summed E-state index contributed by atoms with van der Waals surface area (Å²) in [7, 11) is 0. The fourth-order valence-corrected chi connectivity index (χ4v) is 3.61. The molecule has 0 aliphatic heterocycles. The Morgan fingerprint density at radius 1 is 1.30 bits per heavy atom. The molecular formula is C14H17N5O2S2. The Kier molecular flexibility index (Phi) is 5.94. The molecule has 0 bridgehead atoms. The second kappa shape index (κ2) is 7.93. The van der Waals surface area contributed by atoms with Gasteiger partial charge in [-0.3, -0.25) is 9.59 Å². The van der Waals surface area contributed by atoms with Gasteiger partial charge in [0.05, 0.1) is 5.25 Å².